The maximum absolute atomic E-state index is 10.8. The summed E-state index contributed by atoms with van der Waals surface area (Å²) in [6.45, 7) is 0.378. The first-order chi connectivity index (χ1) is 5.66. The Bertz CT molecular complexity index is 206. The van der Waals surface area contributed by atoms with Gasteiger partial charge in [0.2, 0.25) is 0 Å². The van der Waals surface area contributed by atoms with Crippen LogP contribution in [0.3, 0.4) is 0 Å². The molecule has 0 saturated carbocycles. The Morgan fingerprint density at radius 2 is 2.17 bits per heavy atom. The number of aliphatic carboxylic acids is 1. The fourth-order valence-electron chi connectivity index (χ4n) is 1.33. The van der Waals surface area contributed by atoms with Crippen LogP contribution in [0.1, 0.15) is 12.8 Å². The van der Waals surface area contributed by atoms with Crippen molar-refractivity contribution in [2.24, 2.45) is 0 Å². The molecule has 1 aliphatic rings. The topological polar surface area (TPSA) is 89.9 Å². The number of hydroxylamine groups is 1. The summed E-state index contributed by atoms with van der Waals surface area (Å²) in [6, 6.07) is -1.54. The number of hydrogen-bond acceptors (Lipinski definition) is 3. The number of nitrogens with zero attached hydrogens (tertiary/aromatic N) is 1. The third-order valence-corrected chi connectivity index (χ3v) is 1.89. The number of urea groups is 1. The molecule has 1 rings (SSSR count). The Kier molecular flexibility index (Phi) is 2.49. The smallest absolute Gasteiger partial charge is 0.341 e. The van der Waals surface area contributed by atoms with Gasteiger partial charge in [0.25, 0.3) is 0 Å². The van der Waals surface area contributed by atoms with Gasteiger partial charge in [-0.1, -0.05) is 0 Å². The highest BCUT2D eigenvalue weighted by molar-refractivity contribution is 5.82. The van der Waals surface area contributed by atoms with Gasteiger partial charge in [-0.2, -0.15) is 0 Å². The molecule has 1 saturated heterocycles. The van der Waals surface area contributed by atoms with Gasteiger partial charge in [0, 0.05) is 6.54 Å². The molecule has 1 fully saturated rings. The van der Waals surface area contributed by atoms with Crippen LogP contribution in [-0.4, -0.2) is 39.8 Å². The van der Waals surface area contributed by atoms with Gasteiger partial charge in [-0.05, 0) is 12.8 Å². The highest BCUT2D eigenvalue weighted by Crippen LogP contribution is 2.16. The average molecular weight is 174 g/mol. The summed E-state index contributed by atoms with van der Waals surface area (Å²) in [6.07, 6.45) is 1.10. The molecule has 1 heterocycles. The van der Waals surface area contributed by atoms with E-state index in [2.05, 4.69) is 0 Å². The molecule has 1 aliphatic heterocycles. The largest absolute Gasteiger partial charge is 0.480 e. The second-order valence-electron chi connectivity index (χ2n) is 2.61. The lowest BCUT2D eigenvalue weighted by atomic mass is 10.2. The molecule has 6 heteroatoms. The Labute approximate surface area is 68.7 Å². The van der Waals surface area contributed by atoms with Crippen molar-refractivity contribution in [3.05, 3.63) is 0 Å². The minimum atomic E-state index is -1.03. The summed E-state index contributed by atoms with van der Waals surface area (Å²) in [5.74, 6) is -1.03. The number of rotatable bonds is 1. The molecule has 3 N–H and O–H groups in total. The lowest BCUT2D eigenvalue weighted by molar-refractivity contribution is -0.141. The maximum atomic E-state index is 10.8. The van der Waals surface area contributed by atoms with E-state index in [9.17, 15) is 9.59 Å². The second-order valence-corrected chi connectivity index (χ2v) is 2.61. The van der Waals surface area contributed by atoms with Gasteiger partial charge in [0.1, 0.15) is 6.04 Å². The molecule has 12 heavy (non-hydrogen) atoms. The third-order valence-electron chi connectivity index (χ3n) is 1.89. The summed E-state index contributed by atoms with van der Waals surface area (Å²) in [5, 5.41) is 16.9. The number of carbonyl (C=O) groups is 2. The van der Waals surface area contributed by atoms with E-state index in [1.54, 1.807) is 0 Å². The van der Waals surface area contributed by atoms with E-state index in [0.717, 1.165) is 4.90 Å². The highest BCUT2D eigenvalue weighted by Gasteiger charge is 2.33. The van der Waals surface area contributed by atoms with Crippen molar-refractivity contribution in [3.63, 3.8) is 0 Å². The molecule has 0 aromatic carbocycles. The fraction of sp³-hybridized carbons (Fsp3) is 0.667. The van der Waals surface area contributed by atoms with Crippen molar-refractivity contribution in [1.29, 1.82) is 0 Å². The van der Waals surface area contributed by atoms with Crippen LogP contribution in [0.25, 0.3) is 0 Å². The Balaban J connectivity index is 2.63. The predicted octanol–water partition coefficient (Wildman–Crippen LogP) is -0.366. The van der Waals surface area contributed by atoms with Gasteiger partial charge in [-0.3, -0.25) is 5.21 Å². The summed E-state index contributed by atoms with van der Waals surface area (Å²) >= 11 is 0. The molecule has 0 aromatic rings. The number of carboxylic acids is 1. The van der Waals surface area contributed by atoms with Crippen LogP contribution in [0.5, 0.6) is 0 Å². The quantitative estimate of drug-likeness (QED) is 0.374. The van der Waals surface area contributed by atoms with E-state index < -0.39 is 18.0 Å². The van der Waals surface area contributed by atoms with Crippen LogP contribution in [0.2, 0.25) is 0 Å². The van der Waals surface area contributed by atoms with Crippen molar-refractivity contribution in [3.8, 4) is 0 Å². The van der Waals surface area contributed by atoms with Crippen LogP contribution in [0.4, 0.5) is 4.79 Å². The molecule has 2 amide bonds. The SMILES string of the molecule is O=C(O)[C@@H]1CCCN1C(=O)NO. The van der Waals surface area contributed by atoms with Crippen molar-refractivity contribution in [1.82, 2.24) is 10.4 Å². The summed E-state index contributed by atoms with van der Waals surface area (Å²) < 4.78 is 0. The lowest BCUT2D eigenvalue weighted by Crippen LogP contribution is -2.44. The van der Waals surface area contributed by atoms with Crippen molar-refractivity contribution in [2.75, 3.05) is 6.54 Å². The van der Waals surface area contributed by atoms with Gasteiger partial charge >= 0.3 is 12.0 Å². The van der Waals surface area contributed by atoms with Crippen molar-refractivity contribution in [2.45, 2.75) is 18.9 Å². The molecule has 0 bridgehead atoms. The Hall–Kier alpha value is -1.30. The monoisotopic (exact) mass is 174 g/mol. The van der Waals surface area contributed by atoms with Crippen LogP contribution in [0.15, 0.2) is 0 Å². The molecule has 0 aromatic heterocycles. The van der Waals surface area contributed by atoms with Crippen molar-refractivity contribution >= 4 is 12.0 Å². The van der Waals surface area contributed by atoms with Gasteiger partial charge in [-0.25, -0.2) is 15.1 Å². The first kappa shape index (κ1) is 8.79. The zero-order chi connectivity index (χ0) is 9.14. The molecular formula is C6H10N2O4. The Morgan fingerprint density at radius 1 is 1.50 bits per heavy atom. The summed E-state index contributed by atoms with van der Waals surface area (Å²) in [4.78, 5) is 22.5. The van der Waals surface area contributed by atoms with Crippen LogP contribution < -0.4 is 5.48 Å². The standard InChI is InChI=1S/C6H10N2O4/c9-5(10)4-2-1-3-8(4)6(11)7-12/h4,12H,1-3H2,(H,7,11)(H,9,10)/t4-/m0/s1. The Morgan fingerprint density at radius 3 is 2.67 bits per heavy atom. The molecule has 68 valence electrons. The summed E-state index contributed by atoms with van der Waals surface area (Å²) in [7, 11) is 0. The van der Waals surface area contributed by atoms with Crippen LogP contribution in [0, 0.1) is 0 Å². The fourth-order valence-corrected chi connectivity index (χ4v) is 1.33. The number of nitrogens with one attached hydrogen (secondary N) is 1. The predicted molar refractivity (Wildman–Crippen MR) is 37.7 cm³/mol. The number of carbonyl (C=O) groups excluding carboxylic acids is 1. The van der Waals surface area contributed by atoms with Gasteiger partial charge in [0.05, 0.1) is 0 Å². The van der Waals surface area contributed by atoms with Crippen LogP contribution >= 0.6 is 0 Å². The van der Waals surface area contributed by atoms with Gasteiger partial charge in [0.15, 0.2) is 0 Å². The van der Waals surface area contributed by atoms with E-state index in [0.29, 0.717) is 19.4 Å². The zero-order valence-electron chi connectivity index (χ0n) is 6.36. The van der Waals surface area contributed by atoms with Crippen molar-refractivity contribution < 1.29 is 19.9 Å². The van der Waals surface area contributed by atoms with E-state index >= 15 is 0 Å². The number of likely N-dealkylation sites (tertiary alicyclic amines) is 1. The molecule has 0 radical (unpaired) electrons. The molecule has 6 nitrogen and oxygen atoms in total. The normalized spacial score (nSPS) is 22.4. The molecule has 0 aliphatic carbocycles. The first-order valence-corrected chi connectivity index (χ1v) is 3.60. The highest BCUT2D eigenvalue weighted by atomic mass is 16.5. The minimum absolute atomic E-state index is 0.378. The number of carboxylic acid groups (broad SMARTS) is 1. The number of amides is 2. The maximum Gasteiger partial charge on any atom is 0.341 e. The minimum Gasteiger partial charge on any atom is -0.480 e. The third kappa shape index (κ3) is 1.48. The molecule has 0 unspecified atom stereocenters. The second kappa shape index (κ2) is 3.40. The molecular weight excluding hydrogens is 164 g/mol. The molecule has 1 atom stereocenters. The van der Waals surface area contributed by atoms with E-state index in [-0.39, 0.29) is 0 Å². The molecule has 0 spiro atoms. The first-order valence-electron chi connectivity index (χ1n) is 3.60. The van der Waals surface area contributed by atoms with Crippen LogP contribution in [-0.2, 0) is 4.79 Å². The van der Waals surface area contributed by atoms with E-state index in [1.807, 2.05) is 0 Å². The van der Waals surface area contributed by atoms with E-state index in [4.69, 9.17) is 10.3 Å². The zero-order valence-corrected chi connectivity index (χ0v) is 6.36. The number of hydrogen-bond donors (Lipinski definition) is 3. The van der Waals surface area contributed by atoms with Gasteiger partial charge < -0.3 is 10.0 Å². The lowest BCUT2D eigenvalue weighted by Gasteiger charge is -2.19. The van der Waals surface area contributed by atoms with E-state index in [1.165, 1.54) is 5.48 Å². The summed E-state index contributed by atoms with van der Waals surface area (Å²) in [5.41, 5.74) is 1.42. The van der Waals surface area contributed by atoms with Gasteiger partial charge in [-0.15, -0.1) is 0 Å². The average Bonchev–Trinajstić information content (AvgIpc) is 2.50.